The fourth-order valence-electron chi connectivity index (χ4n) is 2.54. The van der Waals surface area contributed by atoms with Crippen molar-refractivity contribution in [1.82, 2.24) is 0 Å². The van der Waals surface area contributed by atoms with Crippen LogP contribution in [0.1, 0.15) is 50.2 Å². The van der Waals surface area contributed by atoms with Crippen LogP contribution in [0.5, 0.6) is 5.75 Å². The van der Waals surface area contributed by atoms with Crippen molar-refractivity contribution in [2.75, 3.05) is 0 Å². The van der Waals surface area contributed by atoms with Gasteiger partial charge in [0, 0.05) is 5.56 Å². The van der Waals surface area contributed by atoms with E-state index < -0.39 is 11.4 Å². The van der Waals surface area contributed by atoms with E-state index in [0.717, 1.165) is 12.0 Å². The number of rotatable bonds is 3. The monoisotopic (exact) mass is 234 g/mol. The molecule has 17 heavy (non-hydrogen) atoms. The van der Waals surface area contributed by atoms with Crippen LogP contribution in [-0.2, 0) is 10.2 Å². The van der Waals surface area contributed by atoms with Gasteiger partial charge in [-0.1, -0.05) is 38.5 Å². The average Bonchev–Trinajstić information content (AvgIpc) is 2.17. The van der Waals surface area contributed by atoms with Gasteiger partial charge < -0.3 is 10.2 Å². The Kier molecular flexibility index (Phi) is 2.86. The fourth-order valence-corrected chi connectivity index (χ4v) is 2.54. The number of para-hydroxylation sites is 1. The molecule has 3 heteroatoms. The van der Waals surface area contributed by atoms with Gasteiger partial charge in [0.1, 0.15) is 5.75 Å². The van der Waals surface area contributed by atoms with E-state index >= 15 is 0 Å². The summed E-state index contributed by atoms with van der Waals surface area (Å²) in [5, 5.41) is 19.6. The summed E-state index contributed by atoms with van der Waals surface area (Å²) in [6, 6.07) is 5.44. The Bertz CT molecular complexity index is 445. The molecule has 3 nitrogen and oxygen atoms in total. The van der Waals surface area contributed by atoms with Crippen LogP contribution in [0.15, 0.2) is 18.2 Å². The maximum Gasteiger partial charge on any atom is 0.314 e. The lowest BCUT2D eigenvalue weighted by Gasteiger charge is -2.38. The van der Waals surface area contributed by atoms with Gasteiger partial charge in [0.05, 0.1) is 5.41 Å². The molecule has 0 saturated heterocycles. The molecule has 0 heterocycles. The van der Waals surface area contributed by atoms with Crippen LogP contribution in [0.25, 0.3) is 0 Å². The fraction of sp³-hybridized carbons (Fsp3) is 0.500. The Hall–Kier alpha value is -1.51. The lowest BCUT2D eigenvalue weighted by atomic mass is 9.64. The van der Waals surface area contributed by atoms with E-state index in [-0.39, 0.29) is 11.7 Å². The number of carbonyl (C=O) groups is 1. The summed E-state index contributed by atoms with van der Waals surface area (Å²) in [6.07, 6.45) is 2.16. The molecule has 0 unspecified atom stereocenters. The first-order valence-corrected chi connectivity index (χ1v) is 6.05. The van der Waals surface area contributed by atoms with Crippen molar-refractivity contribution in [3.63, 3.8) is 0 Å². The van der Waals surface area contributed by atoms with Gasteiger partial charge in [-0.2, -0.15) is 0 Å². The maximum absolute atomic E-state index is 11.4. The summed E-state index contributed by atoms with van der Waals surface area (Å²) in [6.45, 7) is 3.99. The first-order chi connectivity index (χ1) is 7.99. The molecule has 1 aliphatic carbocycles. The van der Waals surface area contributed by atoms with Crippen LogP contribution < -0.4 is 0 Å². The highest BCUT2D eigenvalue weighted by Crippen LogP contribution is 2.48. The van der Waals surface area contributed by atoms with Crippen molar-refractivity contribution in [2.45, 2.75) is 44.4 Å². The van der Waals surface area contributed by atoms with E-state index in [1.807, 2.05) is 26.0 Å². The number of carboxylic acid groups (broad SMARTS) is 1. The second-order valence-corrected chi connectivity index (χ2v) is 5.14. The predicted molar refractivity (Wildman–Crippen MR) is 65.4 cm³/mol. The second-order valence-electron chi connectivity index (χ2n) is 5.14. The minimum atomic E-state index is -0.852. The molecule has 0 radical (unpaired) electrons. The molecule has 0 atom stereocenters. The summed E-state index contributed by atoms with van der Waals surface area (Å²) >= 11 is 0. The minimum absolute atomic E-state index is 0.171. The van der Waals surface area contributed by atoms with E-state index in [4.69, 9.17) is 0 Å². The summed E-state index contributed by atoms with van der Waals surface area (Å²) in [5.41, 5.74) is 0.562. The molecule has 1 saturated carbocycles. The quantitative estimate of drug-likeness (QED) is 0.845. The number of phenols is 1. The molecule has 1 aromatic rings. The third kappa shape index (κ3) is 1.70. The zero-order chi connectivity index (χ0) is 12.6. The van der Waals surface area contributed by atoms with Gasteiger partial charge in [-0.25, -0.2) is 0 Å². The van der Waals surface area contributed by atoms with Crippen molar-refractivity contribution in [1.29, 1.82) is 0 Å². The molecule has 1 aliphatic rings. The Morgan fingerprint density at radius 2 is 2.00 bits per heavy atom. The van der Waals surface area contributed by atoms with Gasteiger partial charge >= 0.3 is 5.97 Å². The molecule has 2 rings (SSSR count). The number of carboxylic acids is 1. The zero-order valence-corrected chi connectivity index (χ0v) is 10.2. The van der Waals surface area contributed by atoms with Crippen molar-refractivity contribution in [3.05, 3.63) is 29.3 Å². The molecule has 2 N–H and O–H groups in total. The van der Waals surface area contributed by atoms with Crippen LogP contribution in [0.2, 0.25) is 0 Å². The third-order valence-electron chi connectivity index (χ3n) is 3.82. The van der Waals surface area contributed by atoms with E-state index in [1.54, 1.807) is 6.07 Å². The Balaban J connectivity index is 2.52. The average molecular weight is 234 g/mol. The molecule has 0 bridgehead atoms. The van der Waals surface area contributed by atoms with Crippen molar-refractivity contribution in [3.8, 4) is 5.75 Å². The Morgan fingerprint density at radius 3 is 2.41 bits per heavy atom. The lowest BCUT2D eigenvalue weighted by Crippen LogP contribution is -2.42. The number of phenolic OH excluding ortho intramolecular Hbond substituents is 1. The van der Waals surface area contributed by atoms with Gasteiger partial charge in [0.2, 0.25) is 0 Å². The Morgan fingerprint density at radius 1 is 1.35 bits per heavy atom. The van der Waals surface area contributed by atoms with Crippen LogP contribution in [-0.4, -0.2) is 16.2 Å². The van der Waals surface area contributed by atoms with Gasteiger partial charge in [-0.3, -0.25) is 4.79 Å². The van der Waals surface area contributed by atoms with E-state index in [1.165, 1.54) is 0 Å². The minimum Gasteiger partial charge on any atom is -0.507 e. The molecular formula is C14H18O3. The first-order valence-electron chi connectivity index (χ1n) is 6.05. The standard InChI is InChI=1S/C14H18O3/c1-9(2)10-5-3-6-11(12(10)15)14(13(16)17)7-4-8-14/h3,5-6,9,15H,4,7-8H2,1-2H3,(H,16,17). The van der Waals surface area contributed by atoms with Gasteiger partial charge in [0.15, 0.2) is 0 Å². The number of aromatic hydroxyl groups is 1. The highest BCUT2D eigenvalue weighted by Gasteiger charge is 2.47. The summed E-state index contributed by atoms with van der Waals surface area (Å²) in [7, 11) is 0. The highest BCUT2D eigenvalue weighted by atomic mass is 16.4. The molecule has 0 aliphatic heterocycles. The number of aliphatic carboxylic acids is 1. The summed E-state index contributed by atoms with van der Waals surface area (Å²) < 4.78 is 0. The lowest BCUT2D eigenvalue weighted by molar-refractivity contribution is -0.147. The SMILES string of the molecule is CC(C)c1cccc(C2(C(=O)O)CCC2)c1O. The highest BCUT2D eigenvalue weighted by molar-refractivity contribution is 5.84. The van der Waals surface area contributed by atoms with E-state index in [2.05, 4.69) is 0 Å². The Labute approximate surface area is 101 Å². The van der Waals surface area contributed by atoms with E-state index in [0.29, 0.717) is 18.4 Å². The largest absolute Gasteiger partial charge is 0.507 e. The van der Waals surface area contributed by atoms with Crippen LogP contribution in [0, 0.1) is 0 Å². The smallest absolute Gasteiger partial charge is 0.314 e. The van der Waals surface area contributed by atoms with Gasteiger partial charge in [-0.05, 0) is 24.3 Å². The number of hydrogen-bond donors (Lipinski definition) is 2. The van der Waals surface area contributed by atoms with Crippen LogP contribution >= 0.6 is 0 Å². The molecular weight excluding hydrogens is 216 g/mol. The predicted octanol–water partition coefficient (Wildman–Crippen LogP) is 3.02. The van der Waals surface area contributed by atoms with Crippen LogP contribution in [0.3, 0.4) is 0 Å². The van der Waals surface area contributed by atoms with E-state index in [9.17, 15) is 15.0 Å². The molecule has 92 valence electrons. The van der Waals surface area contributed by atoms with Crippen molar-refractivity contribution in [2.24, 2.45) is 0 Å². The summed E-state index contributed by atoms with van der Waals surface area (Å²) in [4.78, 5) is 11.4. The molecule has 0 spiro atoms. The normalized spacial score (nSPS) is 17.8. The van der Waals surface area contributed by atoms with Gasteiger partial charge in [0.25, 0.3) is 0 Å². The third-order valence-corrected chi connectivity index (χ3v) is 3.82. The molecule has 0 amide bonds. The van der Waals surface area contributed by atoms with Crippen molar-refractivity contribution >= 4 is 5.97 Å². The summed E-state index contributed by atoms with van der Waals surface area (Å²) in [5.74, 6) is -0.453. The number of benzene rings is 1. The second kappa shape index (κ2) is 4.06. The number of hydrogen-bond acceptors (Lipinski definition) is 2. The maximum atomic E-state index is 11.4. The first kappa shape index (κ1) is 12.0. The molecule has 0 aromatic heterocycles. The zero-order valence-electron chi connectivity index (χ0n) is 10.2. The molecule has 1 aromatic carbocycles. The van der Waals surface area contributed by atoms with Crippen molar-refractivity contribution < 1.29 is 15.0 Å². The topological polar surface area (TPSA) is 57.5 Å². The molecule has 1 fully saturated rings. The van der Waals surface area contributed by atoms with Crippen LogP contribution in [0.4, 0.5) is 0 Å². The van der Waals surface area contributed by atoms with Gasteiger partial charge in [-0.15, -0.1) is 0 Å².